The summed E-state index contributed by atoms with van der Waals surface area (Å²) in [6.45, 7) is 10.9. The summed E-state index contributed by atoms with van der Waals surface area (Å²) in [7, 11) is 0. The largest absolute Gasteiger partial charge is 0.444 e. The Hall–Kier alpha value is -2.78. The van der Waals surface area contributed by atoms with E-state index in [0.717, 1.165) is 25.7 Å². The number of carbonyl (C=O) groups excluding carboxylic acids is 3. The van der Waals surface area contributed by atoms with Gasteiger partial charge in [0, 0.05) is 13.1 Å². The number of rotatable bonds is 37. The third kappa shape index (κ3) is 36.6. The van der Waals surface area contributed by atoms with Gasteiger partial charge in [-0.05, 0) is 59.3 Å². The Morgan fingerprint density at radius 2 is 0.982 bits per heavy atom. The molecule has 3 amide bonds. The number of ether oxygens (including phenoxy) is 1. The van der Waals surface area contributed by atoms with Gasteiger partial charge in [-0.3, -0.25) is 9.59 Å². The van der Waals surface area contributed by atoms with Crippen molar-refractivity contribution in [1.82, 2.24) is 15.5 Å². The summed E-state index contributed by atoms with van der Waals surface area (Å²) in [4.78, 5) is 44.5. The zero-order valence-electron chi connectivity index (χ0n) is 36.5. The van der Waals surface area contributed by atoms with Crippen LogP contribution in [0.4, 0.5) is 4.79 Å². The number of nitrogens with two attached hydrogens (primary N) is 2. The molecule has 0 aromatic carbocycles. The second kappa shape index (κ2) is 36.8. The highest BCUT2D eigenvalue weighted by molar-refractivity contribution is 5.90. The van der Waals surface area contributed by atoms with Crippen LogP contribution in [0.2, 0.25) is 0 Å². The first-order chi connectivity index (χ1) is 26.5. The first kappa shape index (κ1) is 52.2. The third-order valence-electron chi connectivity index (χ3n) is 9.93. The van der Waals surface area contributed by atoms with Gasteiger partial charge in [0.15, 0.2) is 5.96 Å². The Bertz CT molecular complexity index is 992. The third-order valence-corrected chi connectivity index (χ3v) is 9.93. The molecule has 322 valence electrons. The van der Waals surface area contributed by atoms with Crippen LogP contribution in [0.25, 0.3) is 0 Å². The number of allylic oxidation sites excluding steroid dienone is 2. The van der Waals surface area contributed by atoms with Crippen molar-refractivity contribution >= 4 is 23.9 Å². The molecule has 0 saturated heterocycles. The van der Waals surface area contributed by atoms with Gasteiger partial charge in [0.25, 0.3) is 0 Å². The molecule has 0 aromatic rings. The summed E-state index contributed by atoms with van der Waals surface area (Å²) in [6.07, 6.45) is 39.5. The first-order valence-electron chi connectivity index (χ1n) is 22.8. The van der Waals surface area contributed by atoms with Crippen LogP contribution in [-0.2, 0) is 14.3 Å². The van der Waals surface area contributed by atoms with Crippen LogP contribution < -0.4 is 22.1 Å². The Labute approximate surface area is 338 Å². The number of aliphatic imine (C=N–C) groups is 1. The van der Waals surface area contributed by atoms with E-state index in [4.69, 9.17) is 16.2 Å². The van der Waals surface area contributed by atoms with Gasteiger partial charge in [-0.25, -0.2) is 9.79 Å². The maximum atomic E-state index is 13.4. The van der Waals surface area contributed by atoms with E-state index in [-0.39, 0.29) is 25.0 Å². The fraction of sp³-hybridized carbons (Fsp3) is 0.867. The molecule has 0 heterocycles. The summed E-state index contributed by atoms with van der Waals surface area (Å²) < 4.78 is 5.26. The Balaban J connectivity index is 4.69. The fourth-order valence-corrected chi connectivity index (χ4v) is 6.67. The summed E-state index contributed by atoms with van der Waals surface area (Å²) in [6, 6.07) is -1.08. The normalized spacial score (nSPS) is 12.1. The van der Waals surface area contributed by atoms with E-state index >= 15 is 0 Å². The molecule has 0 bridgehead atoms. The van der Waals surface area contributed by atoms with Crippen LogP contribution in [-0.4, -0.2) is 66.6 Å². The molecule has 6 N–H and O–H groups in total. The molecule has 0 spiro atoms. The van der Waals surface area contributed by atoms with E-state index in [2.05, 4.69) is 41.6 Å². The molecule has 10 nitrogen and oxygen atoms in total. The van der Waals surface area contributed by atoms with Gasteiger partial charge in [0.1, 0.15) is 11.6 Å². The standard InChI is InChI=1S/C45H88N6O4/c1-6-8-10-12-14-16-18-20-22-23-25-27-29-31-33-35-37-51(36-34-32-30-28-26-24-21-19-17-15-13-11-9-7-2)41(52)39-48-42(53)40(50-43(46)47)38-49-44(54)55-45(3,4)5/h20,22,40H,6-19,21,23-39H2,1-5H3,(H,48,53)(H,49,54)(H4,46,47,50). The highest BCUT2D eigenvalue weighted by Crippen LogP contribution is 2.15. The summed E-state index contributed by atoms with van der Waals surface area (Å²) >= 11 is 0. The Kier molecular flexibility index (Phi) is 35.0. The maximum absolute atomic E-state index is 13.4. The minimum Gasteiger partial charge on any atom is -0.444 e. The number of carbonyl (C=O) groups is 3. The monoisotopic (exact) mass is 777 g/mol. The van der Waals surface area contributed by atoms with E-state index < -0.39 is 23.6 Å². The van der Waals surface area contributed by atoms with Crippen molar-refractivity contribution in [3.63, 3.8) is 0 Å². The van der Waals surface area contributed by atoms with Crippen LogP contribution in [0.15, 0.2) is 17.1 Å². The molecule has 0 saturated carbocycles. The lowest BCUT2D eigenvalue weighted by Gasteiger charge is -2.24. The SMILES string of the molecule is CCCCCCCCC=CCCCCCCCCN(CCCCCCCCCCCCCCCC)C(=O)CNC(=O)C(CNC(=O)OC(C)(C)C)N=C(N)N. The minimum atomic E-state index is -1.08. The molecule has 0 radical (unpaired) electrons. The average Bonchev–Trinajstić information content (AvgIpc) is 3.13. The first-order valence-corrected chi connectivity index (χ1v) is 22.8. The number of alkyl carbamates (subject to hydrolysis) is 1. The van der Waals surface area contributed by atoms with Crippen LogP contribution in [0.1, 0.15) is 214 Å². The van der Waals surface area contributed by atoms with E-state index in [9.17, 15) is 14.4 Å². The molecular weight excluding hydrogens is 689 g/mol. The molecule has 1 atom stereocenters. The number of nitrogens with one attached hydrogen (secondary N) is 2. The Morgan fingerprint density at radius 3 is 1.36 bits per heavy atom. The van der Waals surface area contributed by atoms with Crippen LogP contribution in [0.5, 0.6) is 0 Å². The average molecular weight is 777 g/mol. The minimum absolute atomic E-state index is 0.112. The van der Waals surface area contributed by atoms with E-state index in [1.54, 1.807) is 20.8 Å². The quantitative estimate of drug-likeness (QED) is 0.0213. The number of hydrogen-bond acceptors (Lipinski definition) is 5. The molecule has 0 fully saturated rings. The van der Waals surface area contributed by atoms with Crippen LogP contribution >= 0.6 is 0 Å². The second-order valence-corrected chi connectivity index (χ2v) is 16.6. The number of unbranched alkanes of at least 4 members (excludes halogenated alkanes) is 25. The predicted molar refractivity (Wildman–Crippen MR) is 233 cm³/mol. The van der Waals surface area contributed by atoms with E-state index in [1.165, 1.54) is 154 Å². The lowest BCUT2D eigenvalue weighted by molar-refractivity contribution is -0.133. The van der Waals surface area contributed by atoms with Gasteiger partial charge in [-0.15, -0.1) is 0 Å². The van der Waals surface area contributed by atoms with Gasteiger partial charge in [-0.1, -0.05) is 167 Å². The zero-order chi connectivity index (χ0) is 40.8. The van der Waals surface area contributed by atoms with Crippen LogP contribution in [0, 0.1) is 0 Å². The van der Waals surface area contributed by atoms with Crippen molar-refractivity contribution in [2.75, 3.05) is 26.2 Å². The van der Waals surface area contributed by atoms with Crippen molar-refractivity contribution in [2.45, 2.75) is 226 Å². The van der Waals surface area contributed by atoms with Crippen molar-refractivity contribution in [3.05, 3.63) is 12.2 Å². The molecule has 0 aliphatic carbocycles. The number of guanidine groups is 1. The van der Waals surface area contributed by atoms with E-state index in [0.29, 0.717) is 13.1 Å². The maximum Gasteiger partial charge on any atom is 0.407 e. The molecule has 55 heavy (non-hydrogen) atoms. The highest BCUT2D eigenvalue weighted by Gasteiger charge is 2.23. The van der Waals surface area contributed by atoms with Crippen molar-refractivity contribution in [1.29, 1.82) is 0 Å². The topological polar surface area (TPSA) is 152 Å². The number of hydrogen-bond donors (Lipinski definition) is 4. The molecule has 0 aromatic heterocycles. The summed E-state index contributed by atoms with van der Waals surface area (Å²) in [5.74, 6) is -0.928. The molecule has 0 aliphatic rings. The van der Waals surface area contributed by atoms with Crippen molar-refractivity contribution in [3.8, 4) is 0 Å². The second-order valence-electron chi connectivity index (χ2n) is 16.6. The van der Waals surface area contributed by atoms with Crippen molar-refractivity contribution in [2.24, 2.45) is 16.5 Å². The fourth-order valence-electron chi connectivity index (χ4n) is 6.67. The lowest BCUT2D eigenvalue weighted by Crippen LogP contribution is -2.47. The molecule has 1 unspecified atom stereocenters. The van der Waals surface area contributed by atoms with Gasteiger partial charge in [0.2, 0.25) is 11.8 Å². The van der Waals surface area contributed by atoms with E-state index in [1.807, 2.05) is 4.90 Å². The smallest absolute Gasteiger partial charge is 0.407 e. The van der Waals surface area contributed by atoms with Crippen LogP contribution in [0.3, 0.4) is 0 Å². The highest BCUT2D eigenvalue weighted by atomic mass is 16.6. The van der Waals surface area contributed by atoms with Gasteiger partial charge in [0.05, 0.1) is 13.1 Å². The molecule has 0 rings (SSSR count). The van der Waals surface area contributed by atoms with Crippen molar-refractivity contribution < 1.29 is 19.1 Å². The van der Waals surface area contributed by atoms with Gasteiger partial charge >= 0.3 is 6.09 Å². The number of nitrogens with zero attached hydrogens (tertiary/aromatic N) is 2. The molecular formula is C45H88N6O4. The molecule has 10 heteroatoms. The number of amides is 3. The predicted octanol–water partition coefficient (Wildman–Crippen LogP) is 10.6. The van der Waals surface area contributed by atoms with Gasteiger partial charge in [-0.2, -0.15) is 0 Å². The zero-order valence-corrected chi connectivity index (χ0v) is 36.5. The Morgan fingerprint density at radius 1 is 0.600 bits per heavy atom. The lowest BCUT2D eigenvalue weighted by atomic mass is 10.0. The summed E-state index contributed by atoms with van der Waals surface area (Å²) in [5, 5.41) is 5.24. The summed E-state index contributed by atoms with van der Waals surface area (Å²) in [5.41, 5.74) is 10.4. The van der Waals surface area contributed by atoms with Gasteiger partial charge < -0.3 is 31.7 Å². The molecule has 0 aliphatic heterocycles.